The summed E-state index contributed by atoms with van der Waals surface area (Å²) < 4.78 is 0. The Bertz CT molecular complexity index is 577. The van der Waals surface area contributed by atoms with Gasteiger partial charge in [-0.05, 0) is 50.6 Å². The lowest BCUT2D eigenvalue weighted by Crippen LogP contribution is -2.44. The van der Waals surface area contributed by atoms with Crippen LogP contribution in [0.5, 0.6) is 0 Å². The highest BCUT2D eigenvalue weighted by Crippen LogP contribution is 2.43. The molecule has 1 N–H and O–H groups in total. The van der Waals surface area contributed by atoms with Gasteiger partial charge < -0.3 is 10.2 Å². The number of hydrogen-bond donors (Lipinski definition) is 1. The number of carbonyl (C=O) groups is 1. The van der Waals surface area contributed by atoms with Crippen molar-refractivity contribution in [2.75, 3.05) is 25.5 Å². The molecule has 0 radical (unpaired) electrons. The minimum Gasteiger partial charge on any atom is -0.326 e. The maximum Gasteiger partial charge on any atom is 0.221 e. The topological polar surface area (TPSA) is 35.6 Å². The Kier molecular flexibility index (Phi) is 5.80. The number of likely N-dealkylation sites (N-methyl/N-ethyl adjacent to an activating group) is 1. The molecule has 1 spiro atoms. The molecule has 25 heavy (non-hydrogen) atoms. The molecule has 1 aromatic rings. The van der Waals surface area contributed by atoms with Crippen molar-refractivity contribution in [1.29, 1.82) is 0 Å². The molecule has 1 aliphatic heterocycles. The Morgan fingerprint density at radius 3 is 2.52 bits per heavy atom. The maximum absolute atomic E-state index is 11.2. The van der Waals surface area contributed by atoms with Crippen LogP contribution in [0, 0.1) is 0 Å². The first kappa shape index (κ1) is 18.4. The van der Waals surface area contributed by atoms with Gasteiger partial charge >= 0.3 is 0 Å². The standard InChI is InChI=1S/C21H33N3O/c1-4-23(3)20-14-21(12-6-5-7-13-21)24(16-20)15-18-8-10-19(11-9-18)22-17(2)25/h8-11,20H,4-7,12-16H2,1-3H3,(H,22,25). The zero-order chi connectivity index (χ0) is 17.9. The largest absolute Gasteiger partial charge is 0.326 e. The molecular formula is C21H33N3O. The zero-order valence-electron chi connectivity index (χ0n) is 16.1. The van der Waals surface area contributed by atoms with Crippen molar-refractivity contribution in [2.24, 2.45) is 0 Å². The van der Waals surface area contributed by atoms with Gasteiger partial charge in [0.25, 0.3) is 0 Å². The number of benzene rings is 1. The first-order valence-corrected chi connectivity index (χ1v) is 9.84. The Balaban J connectivity index is 1.73. The molecule has 4 heteroatoms. The van der Waals surface area contributed by atoms with Crippen LogP contribution in [0.15, 0.2) is 24.3 Å². The Morgan fingerprint density at radius 2 is 1.92 bits per heavy atom. The summed E-state index contributed by atoms with van der Waals surface area (Å²) in [5.74, 6) is -0.0149. The molecule has 1 saturated carbocycles. The van der Waals surface area contributed by atoms with Crippen LogP contribution in [0.4, 0.5) is 5.69 Å². The third-order valence-corrected chi connectivity index (χ3v) is 6.27. The zero-order valence-corrected chi connectivity index (χ0v) is 16.1. The van der Waals surface area contributed by atoms with Gasteiger partial charge in [0, 0.05) is 37.3 Å². The van der Waals surface area contributed by atoms with Crippen molar-refractivity contribution in [2.45, 2.75) is 70.5 Å². The smallest absolute Gasteiger partial charge is 0.221 e. The second kappa shape index (κ2) is 7.88. The predicted octanol–water partition coefficient (Wildman–Crippen LogP) is 3.87. The van der Waals surface area contributed by atoms with Crippen LogP contribution in [-0.2, 0) is 11.3 Å². The molecule has 2 aliphatic rings. The molecule has 138 valence electrons. The number of nitrogens with zero attached hydrogens (tertiary/aromatic N) is 2. The molecule has 1 unspecified atom stereocenters. The average molecular weight is 344 g/mol. The van der Waals surface area contributed by atoms with Gasteiger partial charge in [-0.2, -0.15) is 0 Å². The molecule has 4 nitrogen and oxygen atoms in total. The quantitative estimate of drug-likeness (QED) is 0.881. The van der Waals surface area contributed by atoms with E-state index in [0.717, 1.165) is 18.8 Å². The van der Waals surface area contributed by atoms with E-state index in [0.29, 0.717) is 11.6 Å². The molecule has 1 saturated heterocycles. The van der Waals surface area contributed by atoms with Crippen LogP contribution >= 0.6 is 0 Å². The van der Waals surface area contributed by atoms with Gasteiger partial charge in [0.1, 0.15) is 0 Å². The van der Waals surface area contributed by atoms with Gasteiger partial charge in [0.2, 0.25) is 5.91 Å². The van der Waals surface area contributed by atoms with E-state index < -0.39 is 0 Å². The third kappa shape index (κ3) is 4.24. The fourth-order valence-electron chi connectivity index (χ4n) is 4.71. The van der Waals surface area contributed by atoms with E-state index >= 15 is 0 Å². The number of hydrogen-bond acceptors (Lipinski definition) is 3. The van der Waals surface area contributed by atoms with Gasteiger partial charge in [0.05, 0.1) is 0 Å². The van der Waals surface area contributed by atoms with Crippen molar-refractivity contribution in [3.05, 3.63) is 29.8 Å². The van der Waals surface area contributed by atoms with Crippen molar-refractivity contribution in [3.63, 3.8) is 0 Å². The van der Waals surface area contributed by atoms with Gasteiger partial charge in [-0.25, -0.2) is 0 Å². The molecule has 1 amide bonds. The summed E-state index contributed by atoms with van der Waals surface area (Å²) in [6.07, 6.45) is 8.17. The van der Waals surface area contributed by atoms with Crippen LogP contribution < -0.4 is 5.32 Å². The molecule has 3 rings (SSSR count). The number of amides is 1. The fourth-order valence-corrected chi connectivity index (χ4v) is 4.71. The lowest BCUT2D eigenvalue weighted by Gasteiger charge is -2.41. The third-order valence-electron chi connectivity index (χ3n) is 6.27. The van der Waals surface area contributed by atoms with Crippen molar-refractivity contribution in [1.82, 2.24) is 9.80 Å². The van der Waals surface area contributed by atoms with E-state index in [1.165, 1.54) is 50.6 Å². The SMILES string of the molecule is CCN(C)C1CN(Cc2ccc(NC(C)=O)cc2)C2(CCCCC2)C1. The van der Waals surface area contributed by atoms with Crippen LogP contribution in [-0.4, -0.2) is 47.4 Å². The first-order chi connectivity index (χ1) is 12.0. The average Bonchev–Trinajstić information content (AvgIpc) is 2.94. The molecular weight excluding hydrogens is 310 g/mol. The lowest BCUT2D eigenvalue weighted by molar-refractivity contribution is -0.114. The number of carbonyl (C=O) groups excluding carboxylic acids is 1. The minimum atomic E-state index is -0.0149. The Morgan fingerprint density at radius 1 is 1.24 bits per heavy atom. The molecule has 1 heterocycles. The molecule has 1 atom stereocenters. The maximum atomic E-state index is 11.2. The van der Waals surface area contributed by atoms with Crippen LogP contribution in [0.2, 0.25) is 0 Å². The summed E-state index contributed by atoms with van der Waals surface area (Å²) in [6, 6.07) is 9.06. The highest BCUT2D eigenvalue weighted by Gasteiger charge is 2.46. The van der Waals surface area contributed by atoms with Gasteiger partial charge in [-0.1, -0.05) is 38.3 Å². The fraction of sp³-hybridized carbons (Fsp3) is 0.667. The van der Waals surface area contributed by atoms with Crippen molar-refractivity contribution in [3.8, 4) is 0 Å². The van der Waals surface area contributed by atoms with E-state index in [-0.39, 0.29) is 5.91 Å². The summed E-state index contributed by atoms with van der Waals surface area (Å²) in [5, 5.41) is 2.85. The van der Waals surface area contributed by atoms with E-state index in [1.807, 2.05) is 12.1 Å². The highest BCUT2D eigenvalue weighted by molar-refractivity contribution is 5.88. The van der Waals surface area contributed by atoms with Gasteiger partial charge in [-0.3, -0.25) is 9.69 Å². The van der Waals surface area contributed by atoms with Crippen molar-refractivity contribution < 1.29 is 4.79 Å². The normalized spacial score (nSPS) is 23.3. The molecule has 0 aromatic heterocycles. The van der Waals surface area contributed by atoms with Crippen LogP contribution in [0.1, 0.15) is 57.9 Å². The summed E-state index contributed by atoms with van der Waals surface area (Å²) in [7, 11) is 2.27. The summed E-state index contributed by atoms with van der Waals surface area (Å²) in [6.45, 7) is 7.14. The minimum absolute atomic E-state index is 0.0149. The van der Waals surface area contributed by atoms with E-state index in [1.54, 1.807) is 6.92 Å². The Hall–Kier alpha value is -1.39. The second-order valence-corrected chi connectivity index (χ2v) is 7.97. The summed E-state index contributed by atoms with van der Waals surface area (Å²) >= 11 is 0. The molecule has 2 fully saturated rings. The number of rotatable bonds is 5. The van der Waals surface area contributed by atoms with Crippen molar-refractivity contribution >= 4 is 11.6 Å². The monoisotopic (exact) mass is 343 g/mol. The van der Waals surface area contributed by atoms with E-state index in [2.05, 4.69) is 41.2 Å². The first-order valence-electron chi connectivity index (χ1n) is 9.84. The number of likely N-dealkylation sites (tertiary alicyclic amines) is 1. The molecule has 1 aromatic carbocycles. The summed E-state index contributed by atoms with van der Waals surface area (Å²) in [4.78, 5) is 16.5. The molecule has 0 bridgehead atoms. The predicted molar refractivity (Wildman–Crippen MR) is 104 cm³/mol. The molecule has 1 aliphatic carbocycles. The summed E-state index contributed by atoms with van der Waals surface area (Å²) in [5.41, 5.74) is 2.63. The number of anilines is 1. The second-order valence-electron chi connectivity index (χ2n) is 7.97. The lowest BCUT2D eigenvalue weighted by atomic mass is 9.79. The highest BCUT2D eigenvalue weighted by atomic mass is 16.1. The van der Waals surface area contributed by atoms with Gasteiger partial charge in [0.15, 0.2) is 0 Å². The van der Waals surface area contributed by atoms with E-state index in [4.69, 9.17) is 0 Å². The van der Waals surface area contributed by atoms with Gasteiger partial charge in [-0.15, -0.1) is 0 Å². The van der Waals surface area contributed by atoms with Crippen LogP contribution in [0.25, 0.3) is 0 Å². The van der Waals surface area contributed by atoms with Crippen LogP contribution in [0.3, 0.4) is 0 Å². The number of nitrogens with one attached hydrogen (secondary N) is 1. The Labute approximate surface area is 152 Å². The van der Waals surface area contributed by atoms with E-state index in [9.17, 15) is 4.79 Å².